The highest BCUT2D eigenvalue weighted by Gasteiger charge is 2.15. The summed E-state index contributed by atoms with van der Waals surface area (Å²) in [5.74, 6) is 0. The molecule has 0 heterocycles. The monoisotopic (exact) mass is 223 g/mol. The number of ether oxygens (including phenoxy) is 2. The van der Waals surface area contributed by atoms with Crippen molar-refractivity contribution in [2.75, 3.05) is 20.3 Å². The molecule has 0 spiro atoms. The number of nitrogens with two attached hydrogens (primary N) is 1. The van der Waals surface area contributed by atoms with Crippen LogP contribution in [-0.4, -0.2) is 26.4 Å². The van der Waals surface area contributed by atoms with Crippen molar-refractivity contribution in [3.8, 4) is 0 Å². The van der Waals surface area contributed by atoms with E-state index < -0.39 is 0 Å². The second kappa shape index (κ2) is 7.39. The van der Waals surface area contributed by atoms with Gasteiger partial charge in [-0.25, -0.2) is 0 Å². The van der Waals surface area contributed by atoms with Crippen molar-refractivity contribution < 1.29 is 9.47 Å². The molecule has 0 aliphatic carbocycles. The molecule has 0 aliphatic rings. The zero-order valence-corrected chi connectivity index (χ0v) is 10.1. The van der Waals surface area contributed by atoms with Crippen molar-refractivity contribution in [1.82, 2.24) is 0 Å². The smallest absolute Gasteiger partial charge is 0.0972 e. The lowest BCUT2D eigenvalue weighted by atomic mass is 10.0. The van der Waals surface area contributed by atoms with Gasteiger partial charge in [0, 0.05) is 26.4 Å². The Kier molecular flexibility index (Phi) is 6.08. The summed E-state index contributed by atoms with van der Waals surface area (Å²) >= 11 is 0. The van der Waals surface area contributed by atoms with Crippen molar-refractivity contribution in [2.24, 2.45) is 5.73 Å². The molecule has 0 amide bonds. The summed E-state index contributed by atoms with van der Waals surface area (Å²) in [5, 5.41) is 0. The summed E-state index contributed by atoms with van der Waals surface area (Å²) in [6.07, 6.45) is 0.866. The van der Waals surface area contributed by atoms with E-state index in [0.717, 1.165) is 18.6 Å². The first-order chi connectivity index (χ1) is 7.75. The highest BCUT2D eigenvalue weighted by Crippen LogP contribution is 2.19. The predicted octanol–water partition coefficient (Wildman–Crippen LogP) is 2.13. The van der Waals surface area contributed by atoms with Crippen molar-refractivity contribution in [3.05, 3.63) is 35.9 Å². The minimum atomic E-state index is -0.0296. The average Bonchev–Trinajstić information content (AvgIpc) is 2.30. The molecule has 3 nitrogen and oxygen atoms in total. The molecule has 0 saturated heterocycles. The third-order valence-corrected chi connectivity index (χ3v) is 2.40. The lowest BCUT2D eigenvalue weighted by molar-refractivity contribution is 0.0264. The maximum Gasteiger partial charge on any atom is 0.0972 e. The maximum absolute atomic E-state index is 5.93. The average molecular weight is 223 g/mol. The Bertz CT molecular complexity index is 275. The topological polar surface area (TPSA) is 44.5 Å². The van der Waals surface area contributed by atoms with Crippen LogP contribution in [0.4, 0.5) is 0 Å². The Morgan fingerprint density at radius 3 is 2.44 bits per heavy atom. The highest BCUT2D eigenvalue weighted by atomic mass is 16.5. The van der Waals surface area contributed by atoms with Gasteiger partial charge >= 0.3 is 0 Å². The minimum Gasteiger partial charge on any atom is -0.385 e. The number of hydrogen-bond acceptors (Lipinski definition) is 3. The molecule has 16 heavy (non-hydrogen) atoms. The Balaban J connectivity index is 2.49. The van der Waals surface area contributed by atoms with E-state index in [0.29, 0.717) is 6.61 Å². The summed E-state index contributed by atoms with van der Waals surface area (Å²) in [6.45, 7) is 3.36. The standard InChI is InChI=1S/C13H21NO2/c1-11(14)13(16-10-6-9-15-2)12-7-4-3-5-8-12/h3-5,7-8,11,13H,6,9-10,14H2,1-2H3. The molecule has 2 unspecified atom stereocenters. The van der Waals surface area contributed by atoms with E-state index in [1.54, 1.807) is 7.11 Å². The van der Waals surface area contributed by atoms with Crippen LogP contribution in [0.5, 0.6) is 0 Å². The fourth-order valence-corrected chi connectivity index (χ4v) is 1.61. The van der Waals surface area contributed by atoms with E-state index in [1.807, 2.05) is 37.3 Å². The molecular formula is C13H21NO2. The Morgan fingerprint density at radius 2 is 1.88 bits per heavy atom. The molecule has 0 radical (unpaired) electrons. The summed E-state index contributed by atoms with van der Waals surface area (Å²) in [6, 6.07) is 10.1. The quantitative estimate of drug-likeness (QED) is 0.720. The van der Waals surface area contributed by atoms with E-state index >= 15 is 0 Å². The summed E-state index contributed by atoms with van der Waals surface area (Å²) in [7, 11) is 1.69. The molecule has 0 aromatic heterocycles. The normalized spacial score (nSPS) is 14.7. The van der Waals surface area contributed by atoms with Crippen molar-refractivity contribution in [1.29, 1.82) is 0 Å². The molecule has 0 aliphatic heterocycles. The van der Waals surface area contributed by atoms with Gasteiger partial charge in [-0.05, 0) is 18.9 Å². The molecule has 90 valence electrons. The first kappa shape index (κ1) is 13.2. The van der Waals surface area contributed by atoms with Crippen molar-refractivity contribution in [3.63, 3.8) is 0 Å². The molecule has 2 N–H and O–H groups in total. The Hall–Kier alpha value is -0.900. The van der Waals surface area contributed by atoms with Gasteiger partial charge in [-0.3, -0.25) is 0 Å². The van der Waals surface area contributed by atoms with Crippen LogP contribution < -0.4 is 5.73 Å². The van der Waals surface area contributed by atoms with E-state index in [1.165, 1.54) is 0 Å². The van der Waals surface area contributed by atoms with E-state index in [2.05, 4.69) is 0 Å². The SMILES string of the molecule is COCCCOC(c1ccccc1)C(C)N. The fraction of sp³-hybridized carbons (Fsp3) is 0.538. The van der Waals surface area contributed by atoms with Crippen molar-refractivity contribution in [2.45, 2.75) is 25.5 Å². The summed E-state index contributed by atoms with van der Waals surface area (Å²) in [5.41, 5.74) is 7.06. The molecule has 3 heteroatoms. The van der Waals surface area contributed by atoms with Gasteiger partial charge in [-0.2, -0.15) is 0 Å². The van der Waals surface area contributed by atoms with Crippen LogP contribution in [0.15, 0.2) is 30.3 Å². The van der Waals surface area contributed by atoms with Crippen LogP contribution in [0.1, 0.15) is 25.0 Å². The predicted molar refractivity (Wildman–Crippen MR) is 65.3 cm³/mol. The second-order valence-corrected chi connectivity index (χ2v) is 3.91. The molecule has 1 aromatic rings. The maximum atomic E-state index is 5.93. The lowest BCUT2D eigenvalue weighted by Gasteiger charge is -2.21. The zero-order valence-electron chi connectivity index (χ0n) is 10.1. The van der Waals surface area contributed by atoms with Gasteiger partial charge in [-0.15, -0.1) is 0 Å². The van der Waals surface area contributed by atoms with Gasteiger partial charge < -0.3 is 15.2 Å². The van der Waals surface area contributed by atoms with Gasteiger partial charge in [0.05, 0.1) is 6.10 Å². The number of hydrogen-bond donors (Lipinski definition) is 1. The molecule has 0 saturated carbocycles. The largest absolute Gasteiger partial charge is 0.385 e. The Morgan fingerprint density at radius 1 is 1.19 bits per heavy atom. The molecular weight excluding hydrogens is 202 g/mol. The molecule has 0 bridgehead atoms. The van der Waals surface area contributed by atoms with E-state index in [4.69, 9.17) is 15.2 Å². The first-order valence-corrected chi connectivity index (χ1v) is 5.66. The minimum absolute atomic E-state index is 0.00931. The molecule has 1 aromatic carbocycles. The fourth-order valence-electron chi connectivity index (χ4n) is 1.61. The number of benzene rings is 1. The van der Waals surface area contributed by atoms with Crippen molar-refractivity contribution >= 4 is 0 Å². The third-order valence-electron chi connectivity index (χ3n) is 2.40. The highest BCUT2D eigenvalue weighted by molar-refractivity contribution is 5.18. The third kappa shape index (κ3) is 4.31. The zero-order chi connectivity index (χ0) is 11.8. The van der Waals surface area contributed by atoms with Gasteiger partial charge in [0.25, 0.3) is 0 Å². The molecule has 1 rings (SSSR count). The van der Waals surface area contributed by atoms with Gasteiger partial charge in [0.2, 0.25) is 0 Å². The lowest BCUT2D eigenvalue weighted by Crippen LogP contribution is -2.27. The first-order valence-electron chi connectivity index (χ1n) is 5.66. The van der Waals surface area contributed by atoms with Crippen LogP contribution in [0.25, 0.3) is 0 Å². The Labute approximate surface area is 97.6 Å². The van der Waals surface area contributed by atoms with Crippen LogP contribution in [0.3, 0.4) is 0 Å². The van der Waals surface area contributed by atoms with Crippen LogP contribution >= 0.6 is 0 Å². The van der Waals surface area contributed by atoms with Gasteiger partial charge in [-0.1, -0.05) is 30.3 Å². The number of rotatable bonds is 7. The van der Waals surface area contributed by atoms with Crippen LogP contribution in [0, 0.1) is 0 Å². The molecule has 0 fully saturated rings. The van der Waals surface area contributed by atoms with Gasteiger partial charge in [0.15, 0.2) is 0 Å². The summed E-state index contributed by atoms with van der Waals surface area (Å²) in [4.78, 5) is 0. The van der Waals surface area contributed by atoms with Crippen LogP contribution in [-0.2, 0) is 9.47 Å². The second-order valence-electron chi connectivity index (χ2n) is 3.91. The summed E-state index contributed by atoms with van der Waals surface area (Å²) < 4.78 is 10.8. The number of methoxy groups -OCH3 is 1. The van der Waals surface area contributed by atoms with Gasteiger partial charge in [0.1, 0.15) is 0 Å². The van der Waals surface area contributed by atoms with E-state index in [9.17, 15) is 0 Å². The molecule has 2 atom stereocenters. The van der Waals surface area contributed by atoms with E-state index in [-0.39, 0.29) is 12.1 Å². The van der Waals surface area contributed by atoms with Crippen LogP contribution in [0.2, 0.25) is 0 Å².